The second kappa shape index (κ2) is 12.2. The van der Waals surface area contributed by atoms with Crippen molar-refractivity contribution in [2.75, 3.05) is 82.2 Å². The number of carbonyl (C=O) groups excluding carboxylic acids is 2. The van der Waals surface area contributed by atoms with Crippen molar-refractivity contribution < 1.29 is 14.3 Å². The molecule has 2 saturated heterocycles. The molecule has 226 valence electrons. The zero-order valence-corrected chi connectivity index (χ0v) is 27.2. The summed E-state index contributed by atoms with van der Waals surface area (Å²) in [6, 6.07) is 13.6. The molecule has 0 bridgehead atoms. The number of piperazine rings is 1. The molecule has 2 aromatic carbocycles. The average molecular weight is 697 g/mol. The Labute approximate surface area is 266 Å². The second-order valence-corrected chi connectivity index (χ2v) is 12.6. The van der Waals surface area contributed by atoms with Gasteiger partial charge in [0.1, 0.15) is 11.4 Å². The third-order valence-corrected chi connectivity index (χ3v) is 9.80. The standard InChI is InChI=1S/C31H37IN8O3/c1-35-24-8-6-5-7-23(24)30(42)36(2)26-20-33-31(34-28(26)35)37(3)25-10-9-21(19-27(25)43-4)29(41)39-13-11-22(12-14-39)38-15-17-40(32)18-16-38/h5-10,19-20,22H,11-18H2,1-4H3. The molecular formula is C31H37IN8O3. The number of hydrogen-bond donors (Lipinski definition) is 0. The largest absolute Gasteiger partial charge is 0.495 e. The maximum atomic E-state index is 13.5. The molecule has 2 amide bonds. The minimum atomic E-state index is -0.115. The number of carbonyl (C=O) groups is 2. The van der Waals surface area contributed by atoms with Gasteiger partial charge in [-0.2, -0.15) is 4.98 Å². The van der Waals surface area contributed by atoms with Gasteiger partial charge in [-0.05, 0) is 43.2 Å². The van der Waals surface area contributed by atoms with Crippen molar-refractivity contribution in [3.63, 3.8) is 0 Å². The van der Waals surface area contributed by atoms with Gasteiger partial charge >= 0.3 is 0 Å². The summed E-state index contributed by atoms with van der Waals surface area (Å²) in [5.41, 5.74) is 3.33. The molecule has 0 saturated carbocycles. The molecule has 2 fully saturated rings. The highest BCUT2D eigenvalue weighted by atomic mass is 127. The van der Waals surface area contributed by atoms with Crippen molar-refractivity contribution in [3.8, 4) is 5.75 Å². The maximum absolute atomic E-state index is 13.5. The molecule has 6 rings (SSSR count). The van der Waals surface area contributed by atoms with Gasteiger partial charge in [0.05, 0.1) is 30.2 Å². The fraction of sp³-hybridized carbons (Fsp3) is 0.419. The van der Waals surface area contributed by atoms with Gasteiger partial charge in [0, 0.05) is 94.9 Å². The molecule has 43 heavy (non-hydrogen) atoms. The first-order chi connectivity index (χ1) is 20.8. The third-order valence-electron chi connectivity index (χ3n) is 8.83. The van der Waals surface area contributed by atoms with E-state index in [2.05, 4.69) is 35.9 Å². The van der Waals surface area contributed by atoms with E-state index < -0.39 is 0 Å². The van der Waals surface area contributed by atoms with Crippen molar-refractivity contribution >= 4 is 63.5 Å². The predicted octanol–water partition coefficient (Wildman–Crippen LogP) is 4.18. The van der Waals surface area contributed by atoms with E-state index in [1.54, 1.807) is 31.3 Å². The molecule has 0 N–H and O–H groups in total. The number of fused-ring (bicyclic) bond motifs is 2. The molecule has 4 heterocycles. The summed E-state index contributed by atoms with van der Waals surface area (Å²) in [5.74, 6) is 1.52. The number of ether oxygens (including phenoxy) is 1. The van der Waals surface area contributed by atoms with Gasteiger partial charge in [-0.25, -0.2) is 8.10 Å². The van der Waals surface area contributed by atoms with Gasteiger partial charge in [-0.3, -0.25) is 14.5 Å². The van der Waals surface area contributed by atoms with E-state index in [1.165, 1.54) is 0 Å². The number of amides is 2. The molecule has 3 aliphatic heterocycles. The Kier molecular flexibility index (Phi) is 8.42. The van der Waals surface area contributed by atoms with E-state index in [1.807, 2.05) is 65.2 Å². The van der Waals surface area contributed by atoms with Gasteiger partial charge in [0.2, 0.25) is 5.95 Å². The summed E-state index contributed by atoms with van der Waals surface area (Å²) in [6.45, 7) is 5.90. The number of likely N-dealkylation sites (tertiary alicyclic amines) is 1. The minimum Gasteiger partial charge on any atom is -0.495 e. The fourth-order valence-electron chi connectivity index (χ4n) is 6.23. The Bertz CT molecular complexity index is 1520. The molecule has 1 aromatic heterocycles. The molecule has 0 aliphatic carbocycles. The Hall–Kier alpha value is -3.49. The van der Waals surface area contributed by atoms with E-state index >= 15 is 0 Å². The number of anilines is 5. The molecule has 3 aromatic rings. The van der Waals surface area contributed by atoms with E-state index in [9.17, 15) is 9.59 Å². The number of piperidine rings is 1. The van der Waals surface area contributed by atoms with Crippen LogP contribution in [0.4, 0.5) is 28.8 Å². The summed E-state index contributed by atoms with van der Waals surface area (Å²) < 4.78 is 8.11. The first-order valence-electron chi connectivity index (χ1n) is 14.6. The lowest BCUT2D eigenvalue weighted by molar-refractivity contribution is 0.0576. The number of nitrogens with zero attached hydrogens (tertiary/aromatic N) is 8. The van der Waals surface area contributed by atoms with E-state index in [-0.39, 0.29) is 11.8 Å². The number of benzene rings is 2. The molecule has 0 radical (unpaired) electrons. The van der Waals surface area contributed by atoms with E-state index in [0.717, 1.165) is 63.5 Å². The lowest BCUT2D eigenvalue weighted by atomic mass is 10.0. The summed E-state index contributed by atoms with van der Waals surface area (Å²) in [7, 11) is 7.10. The van der Waals surface area contributed by atoms with Gasteiger partial charge in [0.25, 0.3) is 11.8 Å². The van der Waals surface area contributed by atoms with Crippen LogP contribution in [0.2, 0.25) is 0 Å². The highest BCUT2D eigenvalue weighted by Gasteiger charge is 2.31. The maximum Gasteiger partial charge on any atom is 0.260 e. The highest BCUT2D eigenvalue weighted by Crippen LogP contribution is 2.40. The Balaban J connectivity index is 1.20. The Morgan fingerprint density at radius 2 is 1.70 bits per heavy atom. The molecule has 3 aliphatic rings. The molecule has 0 spiro atoms. The number of aromatic nitrogens is 2. The smallest absolute Gasteiger partial charge is 0.260 e. The zero-order valence-electron chi connectivity index (χ0n) is 25.0. The topological polar surface area (TPSA) is 88.6 Å². The molecular weight excluding hydrogens is 659 g/mol. The fourth-order valence-corrected chi connectivity index (χ4v) is 6.66. The van der Waals surface area contributed by atoms with Crippen LogP contribution < -0.4 is 19.4 Å². The summed E-state index contributed by atoms with van der Waals surface area (Å²) in [6.07, 6.45) is 3.67. The van der Waals surface area contributed by atoms with Gasteiger partial charge in [-0.15, -0.1) is 0 Å². The lowest BCUT2D eigenvalue weighted by Crippen LogP contribution is -2.52. The van der Waals surface area contributed by atoms with Crippen molar-refractivity contribution in [1.29, 1.82) is 0 Å². The van der Waals surface area contributed by atoms with Gasteiger partial charge in [-0.1, -0.05) is 12.1 Å². The van der Waals surface area contributed by atoms with Crippen LogP contribution in [0, 0.1) is 0 Å². The van der Waals surface area contributed by atoms with Crippen LogP contribution in [0.1, 0.15) is 33.6 Å². The first-order valence-corrected chi connectivity index (χ1v) is 15.6. The first kappa shape index (κ1) is 29.6. The van der Waals surface area contributed by atoms with Crippen LogP contribution in [0.5, 0.6) is 5.75 Å². The zero-order chi connectivity index (χ0) is 30.2. The van der Waals surface area contributed by atoms with Crippen molar-refractivity contribution in [1.82, 2.24) is 22.9 Å². The van der Waals surface area contributed by atoms with Gasteiger partial charge in [0.15, 0.2) is 5.82 Å². The number of halogens is 1. The monoisotopic (exact) mass is 696 g/mol. The predicted molar refractivity (Wildman–Crippen MR) is 176 cm³/mol. The van der Waals surface area contributed by atoms with Crippen LogP contribution in [-0.4, -0.2) is 108 Å². The van der Waals surface area contributed by atoms with Crippen molar-refractivity contribution in [3.05, 3.63) is 59.8 Å². The quantitative estimate of drug-likeness (QED) is 0.288. The minimum absolute atomic E-state index is 0.0253. The number of methoxy groups -OCH3 is 1. The Morgan fingerprint density at radius 1 is 0.977 bits per heavy atom. The number of rotatable bonds is 5. The van der Waals surface area contributed by atoms with Crippen LogP contribution >= 0.6 is 22.9 Å². The van der Waals surface area contributed by atoms with Gasteiger partial charge < -0.3 is 24.3 Å². The van der Waals surface area contributed by atoms with Crippen molar-refractivity contribution in [2.45, 2.75) is 18.9 Å². The summed E-state index contributed by atoms with van der Waals surface area (Å²) in [5, 5.41) is 0. The summed E-state index contributed by atoms with van der Waals surface area (Å²) in [4.78, 5) is 46.0. The number of para-hydroxylation sites is 1. The summed E-state index contributed by atoms with van der Waals surface area (Å²) >= 11 is 2.40. The molecule has 11 nitrogen and oxygen atoms in total. The SMILES string of the molecule is COc1cc(C(=O)N2CCC(N3CCN(I)CC3)CC2)ccc1N(C)c1ncc2c(n1)N(C)c1ccccc1C(=O)N2C. The van der Waals surface area contributed by atoms with Crippen LogP contribution in [0.3, 0.4) is 0 Å². The number of hydrogen-bond acceptors (Lipinski definition) is 9. The molecule has 12 heteroatoms. The van der Waals surface area contributed by atoms with E-state index in [4.69, 9.17) is 9.72 Å². The van der Waals surface area contributed by atoms with Crippen LogP contribution in [-0.2, 0) is 0 Å². The van der Waals surface area contributed by atoms with E-state index in [0.29, 0.717) is 40.4 Å². The highest BCUT2D eigenvalue weighted by molar-refractivity contribution is 14.1. The second-order valence-electron chi connectivity index (χ2n) is 11.2. The lowest BCUT2D eigenvalue weighted by Gasteiger charge is -2.41. The average Bonchev–Trinajstić information content (AvgIpc) is 3.13. The third kappa shape index (κ3) is 5.63. The van der Waals surface area contributed by atoms with Crippen molar-refractivity contribution in [2.24, 2.45) is 0 Å². The molecule has 0 unspecified atom stereocenters. The Morgan fingerprint density at radius 3 is 2.42 bits per heavy atom. The molecule has 0 atom stereocenters. The van der Waals surface area contributed by atoms with Crippen LogP contribution in [0.25, 0.3) is 0 Å². The normalized spacial score (nSPS) is 18.3. The van der Waals surface area contributed by atoms with Crippen LogP contribution in [0.15, 0.2) is 48.7 Å².